The number of thioether (sulfide) groups is 1. The quantitative estimate of drug-likeness (QED) is 0.811. The Kier molecular flexibility index (Phi) is 5.19. The largest absolute Gasteiger partial charge is 0.323 e. The van der Waals surface area contributed by atoms with Gasteiger partial charge < -0.3 is 5.73 Å². The molecule has 15 heavy (non-hydrogen) atoms. The van der Waals surface area contributed by atoms with Gasteiger partial charge in [0, 0.05) is 30.1 Å². The van der Waals surface area contributed by atoms with E-state index in [0.717, 1.165) is 23.8 Å². The van der Waals surface area contributed by atoms with E-state index < -0.39 is 0 Å². The monoisotopic (exact) mass is 227 g/mol. The van der Waals surface area contributed by atoms with Crippen LogP contribution >= 0.6 is 11.8 Å². The molecule has 0 aliphatic carbocycles. The second-order valence-electron chi connectivity index (χ2n) is 4.17. The van der Waals surface area contributed by atoms with Gasteiger partial charge in [-0.3, -0.25) is 4.68 Å². The molecule has 0 aromatic carbocycles. The van der Waals surface area contributed by atoms with E-state index in [1.807, 2.05) is 28.8 Å². The van der Waals surface area contributed by atoms with Gasteiger partial charge in [0.15, 0.2) is 0 Å². The van der Waals surface area contributed by atoms with Crippen LogP contribution in [0.3, 0.4) is 0 Å². The van der Waals surface area contributed by atoms with Crippen LogP contribution in [0, 0.1) is 5.92 Å². The van der Waals surface area contributed by atoms with Gasteiger partial charge in [0.2, 0.25) is 0 Å². The fourth-order valence-corrected chi connectivity index (χ4v) is 2.32. The van der Waals surface area contributed by atoms with Gasteiger partial charge >= 0.3 is 0 Å². The van der Waals surface area contributed by atoms with E-state index in [0.29, 0.717) is 0 Å². The summed E-state index contributed by atoms with van der Waals surface area (Å²) in [6.45, 7) is 7.45. The number of hydrogen-bond donors (Lipinski definition) is 1. The first kappa shape index (κ1) is 12.6. The molecule has 3 nitrogen and oxygen atoms in total. The molecular weight excluding hydrogens is 206 g/mol. The number of rotatable bonds is 6. The van der Waals surface area contributed by atoms with Crippen LogP contribution in [0.5, 0.6) is 0 Å². The summed E-state index contributed by atoms with van der Waals surface area (Å²) >= 11 is 1.92. The van der Waals surface area contributed by atoms with Crippen molar-refractivity contribution in [3.05, 3.63) is 18.0 Å². The molecule has 1 aromatic heterocycles. The topological polar surface area (TPSA) is 43.8 Å². The maximum Gasteiger partial charge on any atom is 0.0537 e. The van der Waals surface area contributed by atoms with Gasteiger partial charge in [-0.2, -0.15) is 16.9 Å². The van der Waals surface area contributed by atoms with Crippen LogP contribution in [0.2, 0.25) is 0 Å². The zero-order valence-corrected chi connectivity index (χ0v) is 10.6. The Bertz CT molecular complexity index is 283. The minimum Gasteiger partial charge on any atom is -0.323 e. The van der Waals surface area contributed by atoms with Gasteiger partial charge in [-0.25, -0.2) is 0 Å². The molecule has 1 heterocycles. The summed E-state index contributed by atoms with van der Waals surface area (Å²) in [5.74, 6) is 2.89. The minimum absolute atomic E-state index is 0.119. The number of aromatic nitrogens is 2. The van der Waals surface area contributed by atoms with Gasteiger partial charge in [-0.1, -0.05) is 13.8 Å². The van der Waals surface area contributed by atoms with Crippen molar-refractivity contribution in [2.45, 2.75) is 33.4 Å². The van der Waals surface area contributed by atoms with Crippen molar-refractivity contribution < 1.29 is 0 Å². The summed E-state index contributed by atoms with van der Waals surface area (Å²) in [7, 11) is 0. The SMILES string of the molecule is CCn1cc(C(N)CSCC(C)C)cn1. The first-order valence-electron chi connectivity index (χ1n) is 5.49. The predicted octanol–water partition coefficient (Wildman–Crippen LogP) is 2.29. The first-order chi connectivity index (χ1) is 7.13. The Hall–Kier alpha value is -0.480. The fourth-order valence-electron chi connectivity index (χ4n) is 1.27. The van der Waals surface area contributed by atoms with E-state index in [1.165, 1.54) is 5.75 Å². The Balaban J connectivity index is 2.36. The number of nitrogens with zero attached hydrogens (tertiary/aromatic N) is 2. The standard InChI is InChI=1S/C11H21N3S/c1-4-14-6-10(5-13-14)11(12)8-15-7-9(2)3/h5-6,9,11H,4,7-8,12H2,1-3H3. The zero-order chi connectivity index (χ0) is 11.3. The molecule has 0 aliphatic heterocycles. The summed E-state index contributed by atoms with van der Waals surface area (Å²) in [5.41, 5.74) is 7.22. The van der Waals surface area contributed by atoms with Gasteiger partial charge in [0.05, 0.1) is 6.20 Å². The summed E-state index contributed by atoms with van der Waals surface area (Å²) in [6, 6.07) is 0.119. The van der Waals surface area contributed by atoms with E-state index in [4.69, 9.17) is 5.73 Å². The van der Waals surface area contributed by atoms with Gasteiger partial charge in [0.1, 0.15) is 0 Å². The van der Waals surface area contributed by atoms with Crippen LogP contribution in [0.4, 0.5) is 0 Å². The predicted molar refractivity (Wildman–Crippen MR) is 67.0 cm³/mol. The first-order valence-corrected chi connectivity index (χ1v) is 6.64. The van der Waals surface area contributed by atoms with Crippen LogP contribution < -0.4 is 5.73 Å². The summed E-state index contributed by atoms with van der Waals surface area (Å²) in [6.07, 6.45) is 3.92. The molecule has 1 rings (SSSR count). The number of hydrogen-bond acceptors (Lipinski definition) is 3. The minimum atomic E-state index is 0.119. The van der Waals surface area contributed by atoms with Crippen LogP contribution in [-0.4, -0.2) is 21.3 Å². The van der Waals surface area contributed by atoms with Crippen molar-refractivity contribution in [3.63, 3.8) is 0 Å². The molecule has 0 radical (unpaired) electrons. The van der Waals surface area contributed by atoms with Crippen molar-refractivity contribution in [1.29, 1.82) is 0 Å². The van der Waals surface area contributed by atoms with Gasteiger partial charge in [-0.05, 0) is 18.6 Å². The molecular formula is C11H21N3S. The summed E-state index contributed by atoms with van der Waals surface area (Å²) in [4.78, 5) is 0. The van der Waals surface area contributed by atoms with Crippen molar-refractivity contribution in [2.75, 3.05) is 11.5 Å². The maximum absolute atomic E-state index is 6.08. The lowest BCUT2D eigenvalue weighted by molar-refractivity contribution is 0.658. The average Bonchev–Trinajstić information content (AvgIpc) is 2.65. The lowest BCUT2D eigenvalue weighted by atomic mass is 10.2. The molecule has 0 bridgehead atoms. The molecule has 0 amide bonds. The van der Waals surface area contributed by atoms with E-state index >= 15 is 0 Å². The van der Waals surface area contributed by atoms with Crippen molar-refractivity contribution in [3.8, 4) is 0 Å². The molecule has 0 fully saturated rings. The highest BCUT2D eigenvalue weighted by Crippen LogP contribution is 2.17. The summed E-state index contributed by atoms with van der Waals surface area (Å²) < 4.78 is 1.92. The van der Waals surface area contributed by atoms with Crippen LogP contribution in [-0.2, 0) is 6.54 Å². The molecule has 0 aliphatic rings. The average molecular weight is 227 g/mol. The highest BCUT2D eigenvalue weighted by atomic mass is 32.2. The smallest absolute Gasteiger partial charge is 0.0537 e. The molecule has 1 aromatic rings. The Morgan fingerprint density at radius 3 is 2.73 bits per heavy atom. The lowest BCUT2D eigenvalue weighted by Crippen LogP contribution is -2.13. The molecule has 2 N–H and O–H groups in total. The molecule has 4 heteroatoms. The lowest BCUT2D eigenvalue weighted by Gasteiger charge is -2.10. The molecule has 1 unspecified atom stereocenters. The number of nitrogens with two attached hydrogens (primary N) is 1. The summed E-state index contributed by atoms with van der Waals surface area (Å²) in [5, 5.41) is 4.23. The maximum atomic E-state index is 6.08. The second-order valence-corrected chi connectivity index (χ2v) is 5.24. The Morgan fingerprint density at radius 1 is 1.47 bits per heavy atom. The molecule has 0 saturated carbocycles. The van der Waals surface area contributed by atoms with Gasteiger partial charge in [-0.15, -0.1) is 0 Å². The third kappa shape index (κ3) is 4.26. The van der Waals surface area contributed by atoms with Crippen molar-refractivity contribution >= 4 is 11.8 Å². The van der Waals surface area contributed by atoms with Crippen molar-refractivity contribution in [1.82, 2.24) is 9.78 Å². The van der Waals surface area contributed by atoms with Crippen molar-refractivity contribution in [2.24, 2.45) is 11.7 Å². The van der Waals surface area contributed by atoms with E-state index in [1.54, 1.807) is 0 Å². The van der Waals surface area contributed by atoms with Crippen LogP contribution in [0.1, 0.15) is 32.4 Å². The highest BCUT2D eigenvalue weighted by molar-refractivity contribution is 7.99. The van der Waals surface area contributed by atoms with Crippen LogP contribution in [0.15, 0.2) is 12.4 Å². The van der Waals surface area contributed by atoms with Gasteiger partial charge in [0.25, 0.3) is 0 Å². The second kappa shape index (κ2) is 6.18. The molecule has 86 valence electrons. The third-order valence-corrected chi connectivity index (χ3v) is 3.65. The molecule has 1 atom stereocenters. The highest BCUT2D eigenvalue weighted by Gasteiger charge is 2.08. The normalized spacial score (nSPS) is 13.4. The molecule has 0 saturated heterocycles. The van der Waals surface area contributed by atoms with E-state index in [9.17, 15) is 0 Å². The van der Waals surface area contributed by atoms with E-state index in [-0.39, 0.29) is 6.04 Å². The third-order valence-electron chi connectivity index (χ3n) is 2.15. The number of aryl methyl sites for hydroxylation is 1. The van der Waals surface area contributed by atoms with Crippen LogP contribution in [0.25, 0.3) is 0 Å². The Morgan fingerprint density at radius 2 is 2.20 bits per heavy atom. The zero-order valence-electron chi connectivity index (χ0n) is 9.81. The van der Waals surface area contributed by atoms with E-state index in [2.05, 4.69) is 25.9 Å². The fraction of sp³-hybridized carbons (Fsp3) is 0.727. The molecule has 0 spiro atoms. The Labute approximate surface area is 96.4 Å².